The van der Waals surface area contributed by atoms with E-state index in [1.807, 2.05) is 89.8 Å². The number of carbonyl (C=O) groups is 1. The molecule has 0 radical (unpaired) electrons. The highest BCUT2D eigenvalue weighted by molar-refractivity contribution is 6.16. The van der Waals surface area contributed by atoms with Crippen LogP contribution in [0.25, 0.3) is 0 Å². The Labute approximate surface area is 147 Å². The molecule has 0 unspecified atom stereocenters. The number of aliphatic hydroxyl groups is 1. The van der Waals surface area contributed by atoms with Gasteiger partial charge in [0.1, 0.15) is 0 Å². The van der Waals surface area contributed by atoms with Crippen molar-refractivity contribution >= 4 is 11.5 Å². The summed E-state index contributed by atoms with van der Waals surface area (Å²) in [5, 5.41) is 9.71. The molecule has 0 atom stereocenters. The Hall–Kier alpha value is -2.91. The maximum Gasteiger partial charge on any atom is 0.199 e. The lowest BCUT2D eigenvalue weighted by atomic mass is 9.78. The van der Waals surface area contributed by atoms with Crippen LogP contribution in [0.15, 0.2) is 84.9 Å². The van der Waals surface area contributed by atoms with Gasteiger partial charge in [-0.15, -0.1) is 0 Å². The minimum absolute atomic E-state index is 0.0248. The van der Waals surface area contributed by atoms with Gasteiger partial charge in [0.2, 0.25) is 0 Å². The Morgan fingerprint density at radius 3 is 1.84 bits per heavy atom. The number of hydrogen-bond donors (Lipinski definition) is 1. The zero-order chi connectivity index (χ0) is 17.3. The number of rotatable bonds is 4. The molecule has 3 aromatic carbocycles. The van der Waals surface area contributed by atoms with E-state index in [1.54, 1.807) is 0 Å². The number of fused-ring (bicyclic) bond motifs is 1. The average molecular weight is 329 g/mol. The van der Waals surface area contributed by atoms with Gasteiger partial charge in [0.15, 0.2) is 11.3 Å². The van der Waals surface area contributed by atoms with Crippen LogP contribution in [0.4, 0.5) is 5.69 Å². The molecule has 124 valence electrons. The Morgan fingerprint density at radius 2 is 1.28 bits per heavy atom. The molecule has 0 saturated carbocycles. The van der Waals surface area contributed by atoms with Crippen LogP contribution in [-0.4, -0.2) is 24.0 Å². The van der Waals surface area contributed by atoms with Crippen LogP contribution in [0.2, 0.25) is 0 Å². The molecular formula is C22H19NO2. The maximum absolute atomic E-state index is 13.7. The Morgan fingerprint density at radius 1 is 0.760 bits per heavy atom. The second kappa shape index (κ2) is 6.19. The maximum atomic E-state index is 13.7. The zero-order valence-electron chi connectivity index (χ0n) is 13.8. The van der Waals surface area contributed by atoms with Crippen molar-refractivity contribution in [2.75, 3.05) is 18.1 Å². The van der Waals surface area contributed by atoms with E-state index in [2.05, 4.69) is 0 Å². The van der Waals surface area contributed by atoms with Gasteiger partial charge >= 0.3 is 0 Å². The molecule has 0 amide bonds. The van der Waals surface area contributed by atoms with Crippen molar-refractivity contribution in [1.82, 2.24) is 0 Å². The topological polar surface area (TPSA) is 40.5 Å². The number of nitrogens with zero attached hydrogens (tertiary/aromatic N) is 1. The third-order valence-electron chi connectivity index (χ3n) is 4.88. The van der Waals surface area contributed by atoms with E-state index in [0.29, 0.717) is 12.1 Å². The summed E-state index contributed by atoms with van der Waals surface area (Å²) in [7, 11) is 0. The molecule has 3 nitrogen and oxygen atoms in total. The first-order valence-corrected chi connectivity index (χ1v) is 8.43. The van der Waals surface area contributed by atoms with Crippen molar-refractivity contribution in [3.63, 3.8) is 0 Å². The Kier molecular flexibility index (Phi) is 3.86. The Balaban J connectivity index is 2.06. The quantitative estimate of drug-likeness (QED) is 0.795. The average Bonchev–Trinajstić information content (AvgIpc) is 2.93. The second-order valence-electron chi connectivity index (χ2n) is 6.16. The number of hydrogen-bond acceptors (Lipinski definition) is 3. The summed E-state index contributed by atoms with van der Waals surface area (Å²) >= 11 is 0. The van der Waals surface area contributed by atoms with Crippen LogP contribution in [-0.2, 0) is 5.54 Å². The van der Waals surface area contributed by atoms with E-state index in [4.69, 9.17) is 0 Å². The molecule has 25 heavy (non-hydrogen) atoms. The van der Waals surface area contributed by atoms with Crippen LogP contribution in [0.5, 0.6) is 0 Å². The normalized spacial score (nSPS) is 15.2. The summed E-state index contributed by atoms with van der Waals surface area (Å²) in [5.74, 6) is 0.0500. The van der Waals surface area contributed by atoms with Crippen molar-refractivity contribution in [1.29, 1.82) is 0 Å². The third kappa shape index (κ3) is 2.20. The predicted molar refractivity (Wildman–Crippen MR) is 98.9 cm³/mol. The van der Waals surface area contributed by atoms with Crippen molar-refractivity contribution in [3.8, 4) is 0 Å². The fourth-order valence-electron chi connectivity index (χ4n) is 3.89. The van der Waals surface area contributed by atoms with Gasteiger partial charge in [-0.05, 0) is 23.3 Å². The second-order valence-corrected chi connectivity index (χ2v) is 6.16. The molecular weight excluding hydrogens is 310 g/mol. The van der Waals surface area contributed by atoms with Crippen molar-refractivity contribution < 1.29 is 9.90 Å². The molecule has 0 spiro atoms. The Bertz CT molecular complexity index is 851. The number of ketones is 1. The van der Waals surface area contributed by atoms with E-state index >= 15 is 0 Å². The summed E-state index contributed by atoms with van der Waals surface area (Å²) < 4.78 is 0. The van der Waals surface area contributed by atoms with E-state index in [-0.39, 0.29) is 12.4 Å². The van der Waals surface area contributed by atoms with Gasteiger partial charge in [0, 0.05) is 17.8 Å². The number of carbonyl (C=O) groups excluding carboxylic acids is 1. The predicted octanol–water partition coefficient (Wildman–Crippen LogP) is 3.63. The van der Waals surface area contributed by atoms with Gasteiger partial charge < -0.3 is 10.0 Å². The minimum Gasteiger partial charge on any atom is -0.395 e. The highest BCUT2D eigenvalue weighted by Gasteiger charge is 2.53. The smallest absolute Gasteiger partial charge is 0.199 e. The lowest BCUT2D eigenvalue weighted by Crippen LogP contribution is -2.49. The minimum atomic E-state index is -0.949. The summed E-state index contributed by atoms with van der Waals surface area (Å²) in [6, 6.07) is 27.3. The SMILES string of the molecule is O=C1c2ccccc2N(CCO)C1(c1ccccc1)c1ccccc1. The molecule has 0 aliphatic carbocycles. The largest absolute Gasteiger partial charge is 0.395 e. The number of anilines is 1. The molecule has 3 aromatic rings. The first-order chi connectivity index (χ1) is 12.3. The van der Waals surface area contributed by atoms with Gasteiger partial charge in [0.05, 0.1) is 6.61 Å². The van der Waals surface area contributed by atoms with E-state index in [0.717, 1.165) is 16.8 Å². The molecule has 3 heteroatoms. The zero-order valence-corrected chi connectivity index (χ0v) is 13.8. The number of para-hydroxylation sites is 1. The van der Waals surface area contributed by atoms with Gasteiger partial charge in [0.25, 0.3) is 0 Å². The molecule has 4 rings (SSSR count). The molecule has 0 saturated heterocycles. The molecule has 1 aliphatic heterocycles. The van der Waals surface area contributed by atoms with Gasteiger partial charge in [-0.3, -0.25) is 4.79 Å². The van der Waals surface area contributed by atoms with Crippen LogP contribution < -0.4 is 4.90 Å². The number of β-amino-alcohol motifs (C(OH)–C–C–N with tert-alkyl or cyclic N) is 1. The number of aliphatic hydroxyl groups excluding tert-OH is 1. The summed E-state index contributed by atoms with van der Waals surface area (Å²) in [5.41, 5.74) is 2.44. The van der Waals surface area contributed by atoms with Crippen molar-refractivity contribution in [2.45, 2.75) is 5.54 Å². The molecule has 1 aliphatic rings. The van der Waals surface area contributed by atoms with Crippen molar-refractivity contribution in [2.24, 2.45) is 0 Å². The van der Waals surface area contributed by atoms with Crippen molar-refractivity contribution in [3.05, 3.63) is 102 Å². The molecule has 1 N–H and O–H groups in total. The summed E-state index contributed by atoms with van der Waals surface area (Å²) in [4.78, 5) is 15.7. The van der Waals surface area contributed by atoms with Gasteiger partial charge in [-0.25, -0.2) is 0 Å². The summed E-state index contributed by atoms with van der Waals surface area (Å²) in [6.07, 6.45) is 0. The highest BCUT2D eigenvalue weighted by Crippen LogP contribution is 2.48. The van der Waals surface area contributed by atoms with Gasteiger partial charge in [-0.1, -0.05) is 72.8 Å². The van der Waals surface area contributed by atoms with Crippen LogP contribution >= 0.6 is 0 Å². The molecule has 0 bridgehead atoms. The first kappa shape index (κ1) is 15.6. The molecule has 0 fully saturated rings. The first-order valence-electron chi connectivity index (χ1n) is 8.43. The third-order valence-corrected chi connectivity index (χ3v) is 4.88. The van der Waals surface area contributed by atoms with E-state index in [1.165, 1.54) is 0 Å². The highest BCUT2D eigenvalue weighted by atomic mass is 16.3. The standard InChI is InChI=1S/C22H19NO2/c24-16-15-23-20-14-8-7-13-19(20)21(25)22(23,17-9-3-1-4-10-17)18-11-5-2-6-12-18/h1-14,24H,15-16H2. The fraction of sp³-hybridized carbons (Fsp3) is 0.136. The lowest BCUT2D eigenvalue weighted by Gasteiger charge is -2.39. The number of Topliss-reactive ketones (excluding diaryl/α,β-unsaturated/α-hetero) is 1. The monoisotopic (exact) mass is 329 g/mol. The van der Waals surface area contributed by atoms with Crippen LogP contribution in [0, 0.1) is 0 Å². The van der Waals surface area contributed by atoms with Crippen LogP contribution in [0.1, 0.15) is 21.5 Å². The lowest BCUT2D eigenvalue weighted by molar-refractivity contribution is 0.0923. The van der Waals surface area contributed by atoms with E-state index in [9.17, 15) is 9.90 Å². The summed E-state index contributed by atoms with van der Waals surface area (Å²) in [6.45, 7) is 0.357. The molecule has 1 heterocycles. The number of benzene rings is 3. The fourth-order valence-corrected chi connectivity index (χ4v) is 3.89. The van der Waals surface area contributed by atoms with Gasteiger partial charge in [-0.2, -0.15) is 0 Å². The van der Waals surface area contributed by atoms with Crippen LogP contribution in [0.3, 0.4) is 0 Å². The molecule has 0 aromatic heterocycles. The van der Waals surface area contributed by atoms with E-state index < -0.39 is 5.54 Å².